The van der Waals surface area contributed by atoms with Crippen LogP contribution in [0, 0.1) is 0 Å². The number of aromatic nitrogens is 2. The second kappa shape index (κ2) is 7.77. The molecular formula is C22H17BrF3N5O. The van der Waals surface area contributed by atoms with Crippen molar-refractivity contribution in [2.24, 2.45) is 0 Å². The minimum atomic E-state index is -4.45. The fourth-order valence-electron chi connectivity index (χ4n) is 4.13. The van der Waals surface area contributed by atoms with Crippen LogP contribution < -0.4 is 15.1 Å². The van der Waals surface area contributed by atoms with Crippen LogP contribution >= 0.6 is 15.9 Å². The Bertz CT molecular complexity index is 1200. The average Bonchev–Trinajstić information content (AvgIpc) is 3.17. The summed E-state index contributed by atoms with van der Waals surface area (Å²) in [6, 6.07) is 13.3. The van der Waals surface area contributed by atoms with E-state index in [0.717, 1.165) is 30.8 Å². The number of anilines is 3. The highest BCUT2D eigenvalue weighted by Gasteiger charge is 2.40. The molecule has 32 heavy (non-hydrogen) atoms. The Morgan fingerprint density at radius 1 is 1.09 bits per heavy atom. The maximum Gasteiger partial charge on any atom is 0.416 e. The fraction of sp³-hybridized carbons (Fsp3) is 0.227. The lowest BCUT2D eigenvalue weighted by molar-refractivity contribution is -0.137. The van der Waals surface area contributed by atoms with Crippen molar-refractivity contribution in [2.75, 3.05) is 28.2 Å². The number of halogens is 4. The lowest BCUT2D eigenvalue weighted by Gasteiger charge is -2.35. The molecule has 5 rings (SSSR count). The summed E-state index contributed by atoms with van der Waals surface area (Å²) >= 11 is 3.29. The van der Waals surface area contributed by atoms with Gasteiger partial charge in [0.25, 0.3) is 0 Å². The fourth-order valence-corrected chi connectivity index (χ4v) is 4.48. The zero-order valence-electron chi connectivity index (χ0n) is 16.6. The Morgan fingerprint density at radius 3 is 2.69 bits per heavy atom. The van der Waals surface area contributed by atoms with E-state index in [9.17, 15) is 18.0 Å². The van der Waals surface area contributed by atoms with Crippen molar-refractivity contribution in [1.82, 2.24) is 9.97 Å². The summed E-state index contributed by atoms with van der Waals surface area (Å²) in [5.41, 5.74) is 0.751. The standard InChI is InChI=1S/C22H17BrF3N5O/c23-18-5-2-6-19(28-18)29-21(32)31-15-9-10-30(12-15)17-8-7-16(27-20(17)31)13-3-1-4-14(11-13)22(24,25)26/h1-8,11,15H,9-10,12H2,(H,28,29,32)/t15-/m0/s1. The third-order valence-electron chi connectivity index (χ3n) is 5.61. The van der Waals surface area contributed by atoms with E-state index in [-0.39, 0.29) is 12.1 Å². The van der Waals surface area contributed by atoms with Crippen LogP contribution in [0.2, 0.25) is 0 Å². The van der Waals surface area contributed by atoms with Gasteiger partial charge in [0.05, 0.1) is 23.0 Å². The van der Waals surface area contributed by atoms with Gasteiger partial charge in [0.15, 0.2) is 5.82 Å². The van der Waals surface area contributed by atoms with Crippen LogP contribution in [0.3, 0.4) is 0 Å². The van der Waals surface area contributed by atoms with Crippen molar-refractivity contribution in [3.05, 3.63) is 64.8 Å². The highest BCUT2D eigenvalue weighted by Crippen LogP contribution is 2.41. The Kier molecular flexibility index (Phi) is 5.04. The van der Waals surface area contributed by atoms with Gasteiger partial charge in [-0.25, -0.2) is 14.8 Å². The molecule has 1 N–H and O–H groups in total. The van der Waals surface area contributed by atoms with Gasteiger partial charge in [-0.15, -0.1) is 0 Å². The number of benzene rings is 1. The van der Waals surface area contributed by atoms with Crippen LogP contribution in [-0.4, -0.2) is 35.1 Å². The third-order valence-corrected chi connectivity index (χ3v) is 6.05. The highest BCUT2D eigenvalue weighted by molar-refractivity contribution is 9.10. The van der Waals surface area contributed by atoms with Crippen LogP contribution in [0.15, 0.2) is 59.2 Å². The molecule has 4 heterocycles. The van der Waals surface area contributed by atoms with Crippen LogP contribution in [-0.2, 0) is 6.18 Å². The van der Waals surface area contributed by atoms with Crippen LogP contribution in [0.1, 0.15) is 12.0 Å². The number of hydrogen-bond acceptors (Lipinski definition) is 4. The molecule has 2 aliphatic heterocycles. The minimum Gasteiger partial charge on any atom is -0.366 e. The topological polar surface area (TPSA) is 61.4 Å². The van der Waals surface area contributed by atoms with Gasteiger partial charge in [-0.2, -0.15) is 13.2 Å². The zero-order valence-corrected chi connectivity index (χ0v) is 18.2. The van der Waals surface area contributed by atoms with E-state index < -0.39 is 11.7 Å². The van der Waals surface area contributed by atoms with E-state index >= 15 is 0 Å². The van der Waals surface area contributed by atoms with Crippen LogP contribution in [0.4, 0.5) is 35.3 Å². The number of hydrogen-bond donors (Lipinski definition) is 1. The first kappa shape index (κ1) is 20.7. The normalized spacial score (nSPS) is 17.3. The second-order valence-electron chi connectivity index (χ2n) is 7.65. The SMILES string of the molecule is O=C(Nc1cccc(Br)n1)N1c2nc(-c3cccc(C(F)(F)F)c3)ccc2N2CC[C@H]1C2. The van der Waals surface area contributed by atoms with Gasteiger partial charge >= 0.3 is 12.2 Å². The largest absolute Gasteiger partial charge is 0.416 e. The number of urea groups is 1. The van der Waals surface area contributed by atoms with Gasteiger partial charge in [0.2, 0.25) is 0 Å². The van der Waals surface area contributed by atoms with Crippen molar-refractivity contribution in [1.29, 1.82) is 0 Å². The molecule has 1 atom stereocenters. The van der Waals surface area contributed by atoms with Gasteiger partial charge in [0, 0.05) is 18.7 Å². The minimum absolute atomic E-state index is 0.0843. The molecule has 10 heteroatoms. The maximum atomic E-state index is 13.2. The molecule has 1 saturated heterocycles. The maximum absolute atomic E-state index is 13.2. The van der Waals surface area contributed by atoms with Crippen LogP contribution in [0.25, 0.3) is 11.3 Å². The summed E-state index contributed by atoms with van der Waals surface area (Å²) in [5, 5.41) is 2.80. The molecule has 0 unspecified atom stereocenters. The molecule has 1 fully saturated rings. The van der Waals surface area contributed by atoms with Gasteiger partial charge in [-0.3, -0.25) is 10.2 Å². The summed E-state index contributed by atoms with van der Waals surface area (Å²) in [7, 11) is 0. The number of nitrogens with one attached hydrogen (secondary N) is 1. The molecule has 164 valence electrons. The molecule has 3 aromatic rings. The summed E-state index contributed by atoms with van der Waals surface area (Å²) in [6.07, 6.45) is -3.67. The van der Waals surface area contributed by atoms with Gasteiger partial charge in [-0.1, -0.05) is 18.2 Å². The van der Waals surface area contributed by atoms with Crippen molar-refractivity contribution < 1.29 is 18.0 Å². The van der Waals surface area contributed by atoms with E-state index in [4.69, 9.17) is 0 Å². The number of carbonyl (C=O) groups excluding carboxylic acids is 1. The molecule has 0 aliphatic carbocycles. The Hall–Kier alpha value is -3.14. The molecule has 1 aromatic carbocycles. The van der Waals surface area contributed by atoms with E-state index in [2.05, 4.69) is 36.1 Å². The van der Waals surface area contributed by atoms with E-state index in [1.54, 1.807) is 35.2 Å². The summed E-state index contributed by atoms with van der Waals surface area (Å²) in [4.78, 5) is 25.8. The number of alkyl halides is 3. The number of fused-ring (bicyclic) bond motifs is 4. The molecule has 2 amide bonds. The number of nitrogens with zero attached hydrogens (tertiary/aromatic N) is 4. The summed E-state index contributed by atoms with van der Waals surface area (Å²) in [6.45, 7) is 1.46. The molecule has 6 nitrogen and oxygen atoms in total. The highest BCUT2D eigenvalue weighted by atomic mass is 79.9. The lowest BCUT2D eigenvalue weighted by atomic mass is 10.1. The van der Waals surface area contributed by atoms with Gasteiger partial charge in [-0.05, 0) is 58.7 Å². The predicted octanol–water partition coefficient (Wildman–Crippen LogP) is 5.56. The van der Waals surface area contributed by atoms with Crippen molar-refractivity contribution >= 4 is 39.3 Å². The quantitative estimate of drug-likeness (QED) is 0.465. The Balaban J connectivity index is 1.53. The first-order valence-corrected chi connectivity index (χ1v) is 10.8. The van der Waals surface area contributed by atoms with Gasteiger partial charge in [0.1, 0.15) is 10.4 Å². The predicted molar refractivity (Wildman–Crippen MR) is 119 cm³/mol. The second-order valence-corrected chi connectivity index (χ2v) is 8.46. The number of carbonyl (C=O) groups is 1. The lowest BCUT2D eigenvalue weighted by Crippen LogP contribution is -2.48. The van der Waals surface area contributed by atoms with E-state index in [1.807, 2.05) is 6.07 Å². The van der Waals surface area contributed by atoms with Crippen LogP contribution in [0.5, 0.6) is 0 Å². The molecule has 2 aromatic heterocycles. The first-order valence-electron chi connectivity index (χ1n) is 9.96. The number of rotatable bonds is 2. The zero-order chi connectivity index (χ0) is 22.5. The molecule has 0 saturated carbocycles. The summed E-state index contributed by atoms with van der Waals surface area (Å²) < 4.78 is 40.1. The van der Waals surface area contributed by atoms with E-state index in [0.29, 0.717) is 34.0 Å². The van der Waals surface area contributed by atoms with Crippen molar-refractivity contribution in [2.45, 2.75) is 18.6 Å². The van der Waals surface area contributed by atoms with Crippen molar-refractivity contribution in [3.63, 3.8) is 0 Å². The number of pyridine rings is 2. The number of amides is 2. The smallest absolute Gasteiger partial charge is 0.366 e. The third kappa shape index (κ3) is 3.79. The molecule has 0 spiro atoms. The first-order chi connectivity index (χ1) is 15.3. The molecular weight excluding hydrogens is 487 g/mol. The average molecular weight is 504 g/mol. The molecule has 2 aliphatic rings. The summed E-state index contributed by atoms with van der Waals surface area (Å²) in [5.74, 6) is 0.821. The monoisotopic (exact) mass is 503 g/mol. The molecule has 2 bridgehead atoms. The Morgan fingerprint density at radius 2 is 1.91 bits per heavy atom. The van der Waals surface area contributed by atoms with E-state index in [1.165, 1.54) is 6.07 Å². The van der Waals surface area contributed by atoms with Crippen molar-refractivity contribution in [3.8, 4) is 11.3 Å². The molecule has 0 radical (unpaired) electrons. The Labute approximate surface area is 190 Å². The van der Waals surface area contributed by atoms with Gasteiger partial charge < -0.3 is 4.90 Å².